The van der Waals surface area contributed by atoms with E-state index in [1.54, 1.807) is 6.26 Å². The predicted octanol–water partition coefficient (Wildman–Crippen LogP) is 4.93. The van der Waals surface area contributed by atoms with E-state index in [2.05, 4.69) is 12.1 Å². The average Bonchev–Trinajstić information content (AvgIpc) is 3.03. The van der Waals surface area contributed by atoms with Crippen LogP contribution in [0.1, 0.15) is 24.5 Å². The summed E-state index contributed by atoms with van der Waals surface area (Å²) in [6.07, 6.45) is 3.05. The molecule has 0 spiro atoms. The maximum Gasteiger partial charge on any atom is 0.240 e. The molecule has 3 nitrogen and oxygen atoms in total. The van der Waals surface area contributed by atoms with E-state index in [1.165, 1.54) is 5.56 Å². The number of hydrogen-bond acceptors (Lipinski definition) is 3. The molecule has 0 bridgehead atoms. The van der Waals surface area contributed by atoms with E-state index in [0.717, 1.165) is 18.4 Å². The predicted molar refractivity (Wildman–Crippen MR) is 90.5 cm³/mol. The molecule has 0 amide bonds. The summed E-state index contributed by atoms with van der Waals surface area (Å²) >= 11 is 6.32. The topological polar surface area (TPSA) is 27.7 Å². The number of rotatable bonds is 6. The first-order chi connectivity index (χ1) is 11.2. The molecule has 1 unspecified atom stereocenters. The van der Waals surface area contributed by atoms with Crippen LogP contribution in [0.25, 0.3) is 0 Å². The maximum absolute atomic E-state index is 6.32. The Bertz CT molecular complexity index is 682. The highest BCUT2D eigenvalue weighted by molar-refractivity contribution is 6.32. The fraction of sp³-hybridized carbons (Fsp3) is 0.263. The minimum Gasteiger partial charge on any atom is -0.484 e. The van der Waals surface area contributed by atoms with Crippen LogP contribution in [0, 0.1) is 0 Å². The Morgan fingerprint density at radius 2 is 1.91 bits per heavy atom. The number of hydrogen-bond donors (Lipinski definition) is 0. The fourth-order valence-electron chi connectivity index (χ4n) is 2.38. The molecule has 0 aliphatic carbocycles. The third kappa shape index (κ3) is 4.20. The standard InChI is InChI=1S/C19H19ClO3/c1-2-19-22-13-16(23-19)12-21-18-9-8-15(11-17(18)20)10-14-6-4-3-5-7-14/h3-9,11,13,19H,2,10,12H2,1H3. The van der Waals surface area contributed by atoms with Gasteiger partial charge in [0.2, 0.25) is 6.29 Å². The highest BCUT2D eigenvalue weighted by Crippen LogP contribution is 2.27. The van der Waals surface area contributed by atoms with Gasteiger partial charge in [0.1, 0.15) is 18.6 Å². The first kappa shape index (κ1) is 15.8. The Morgan fingerprint density at radius 1 is 1.09 bits per heavy atom. The highest BCUT2D eigenvalue weighted by atomic mass is 35.5. The molecule has 0 N–H and O–H groups in total. The zero-order valence-electron chi connectivity index (χ0n) is 13.0. The van der Waals surface area contributed by atoms with Crippen molar-refractivity contribution in [2.45, 2.75) is 26.1 Å². The van der Waals surface area contributed by atoms with Gasteiger partial charge in [0, 0.05) is 6.42 Å². The van der Waals surface area contributed by atoms with Gasteiger partial charge in [-0.05, 0) is 29.7 Å². The summed E-state index contributed by atoms with van der Waals surface area (Å²) < 4.78 is 16.6. The molecule has 23 heavy (non-hydrogen) atoms. The van der Waals surface area contributed by atoms with Crippen molar-refractivity contribution in [1.29, 1.82) is 0 Å². The quantitative estimate of drug-likeness (QED) is 0.751. The van der Waals surface area contributed by atoms with Crippen molar-refractivity contribution in [2.75, 3.05) is 6.61 Å². The van der Waals surface area contributed by atoms with Gasteiger partial charge in [0.15, 0.2) is 5.76 Å². The summed E-state index contributed by atoms with van der Waals surface area (Å²) in [4.78, 5) is 0. The fourth-order valence-corrected chi connectivity index (χ4v) is 2.63. The van der Waals surface area contributed by atoms with E-state index >= 15 is 0 Å². The normalized spacial score (nSPS) is 16.4. The molecule has 2 aromatic rings. The van der Waals surface area contributed by atoms with E-state index in [-0.39, 0.29) is 6.29 Å². The minimum absolute atomic E-state index is 0.197. The van der Waals surface area contributed by atoms with Crippen molar-refractivity contribution in [3.63, 3.8) is 0 Å². The van der Waals surface area contributed by atoms with Crippen LogP contribution in [0.5, 0.6) is 5.75 Å². The van der Waals surface area contributed by atoms with E-state index < -0.39 is 0 Å². The van der Waals surface area contributed by atoms with E-state index in [0.29, 0.717) is 23.1 Å². The van der Waals surface area contributed by atoms with Crippen LogP contribution < -0.4 is 4.74 Å². The maximum atomic E-state index is 6.32. The van der Waals surface area contributed by atoms with Crippen LogP contribution in [0.2, 0.25) is 5.02 Å². The smallest absolute Gasteiger partial charge is 0.240 e. The monoisotopic (exact) mass is 330 g/mol. The third-order valence-electron chi connectivity index (χ3n) is 3.58. The Balaban J connectivity index is 1.59. The average molecular weight is 331 g/mol. The molecule has 0 saturated heterocycles. The Labute approximate surface area is 141 Å². The van der Waals surface area contributed by atoms with Crippen LogP contribution in [0.3, 0.4) is 0 Å². The molecular weight excluding hydrogens is 312 g/mol. The van der Waals surface area contributed by atoms with Crippen LogP contribution in [-0.2, 0) is 15.9 Å². The summed E-state index contributed by atoms with van der Waals surface area (Å²) in [6, 6.07) is 16.2. The van der Waals surface area contributed by atoms with Gasteiger partial charge in [-0.25, -0.2) is 0 Å². The van der Waals surface area contributed by atoms with Crippen molar-refractivity contribution in [3.05, 3.63) is 76.7 Å². The number of halogens is 1. The Hall–Kier alpha value is -2.13. The minimum atomic E-state index is -0.197. The van der Waals surface area contributed by atoms with E-state index in [4.69, 9.17) is 25.8 Å². The molecule has 2 aromatic carbocycles. The summed E-state index contributed by atoms with van der Waals surface area (Å²) in [5.74, 6) is 1.33. The lowest BCUT2D eigenvalue weighted by Gasteiger charge is -2.11. The van der Waals surface area contributed by atoms with E-state index in [1.807, 2.05) is 43.3 Å². The van der Waals surface area contributed by atoms with Gasteiger partial charge in [-0.2, -0.15) is 0 Å². The van der Waals surface area contributed by atoms with Gasteiger partial charge in [-0.15, -0.1) is 0 Å². The summed E-state index contributed by atoms with van der Waals surface area (Å²) in [5, 5.41) is 0.602. The highest BCUT2D eigenvalue weighted by Gasteiger charge is 2.18. The van der Waals surface area contributed by atoms with Crippen molar-refractivity contribution < 1.29 is 14.2 Å². The van der Waals surface area contributed by atoms with Gasteiger partial charge in [-0.3, -0.25) is 0 Å². The second-order valence-corrected chi connectivity index (χ2v) is 5.80. The van der Waals surface area contributed by atoms with Crippen LogP contribution >= 0.6 is 11.6 Å². The third-order valence-corrected chi connectivity index (χ3v) is 3.88. The van der Waals surface area contributed by atoms with Crippen LogP contribution in [-0.4, -0.2) is 12.9 Å². The van der Waals surface area contributed by atoms with Crippen molar-refractivity contribution in [2.24, 2.45) is 0 Å². The van der Waals surface area contributed by atoms with Crippen molar-refractivity contribution >= 4 is 11.6 Å². The second-order valence-electron chi connectivity index (χ2n) is 5.39. The first-order valence-corrected chi connectivity index (χ1v) is 8.08. The van der Waals surface area contributed by atoms with Gasteiger partial charge in [-0.1, -0.05) is 54.9 Å². The Morgan fingerprint density at radius 3 is 2.61 bits per heavy atom. The lowest BCUT2D eigenvalue weighted by molar-refractivity contribution is -0.0375. The molecule has 0 saturated carbocycles. The van der Waals surface area contributed by atoms with Crippen molar-refractivity contribution in [1.82, 2.24) is 0 Å². The molecule has 0 aromatic heterocycles. The van der Waals surface area contributed by atoms with Gasteiger partial charge in [0.25, 0.3) is 0 Å². The molecule has 4 heteroatoms. The summed E-state index contributed by atoms with van der Waals surface area (Å²) in [7, 11) is 0. The molecule has 1 atom stereocenters. The van der Waals surface area contributed by atoms with Crippen LogP contribution in [0.15, 0.2) is 60.6 Å². The van der Waals surface area contributed by atoms with Gasteiger partial charge < -0.3 is 14.2 Å². The molecule has 3 rings (SSSR count). The molecule has 1 aliphatic heterocycles. The summed E-state index contributed by atoms with van der Waals surface area (Å²) in [5.41, 5.74) is 2.41. The zero-order valence-corrected chi connectivity index (χ0v) is 13.8. The molecular formula is C19H19ClO3. The van der Waals surface area contributed by atoms with Gasteiger partial charge in [0.05, 0.1) is 5.02 Å². The zero-order chi connectivity index (χ0) is 16.1. The number of ether oxygens (including phenoxy) is 3. The molecule has 0 fully saturated rings. The Kier molecular flexibility index (Phi) is 5.09. The molecule has 1 heterocycles. The van der Waals surface area contributed by atoms with Crippen LogP contribution in [0.4, 0.5) is 0 Å². The second kappa shape index (κ2) is 7.42. The largest absolute Gasteiger partial charge is 0.484 e. The summed E-state index contributed by atoms with van der Waals surface area (Å²) in [6.45, 7) is 2.32. The van der Waals surface area contributed by atoms with E-state index in [9.17, 15) is 0 Å². The lowest BCUT2D eigenvalue weighted by Crippen LogP contribution is -2.09. The first-order valence-electron chi connectivity index (χ1n) is 7.71. The number of benzene rings is 2. The molecule has 0 radical (unpaired) electrons. The SMILES string of the molecule is CCC1OC=C(COc2ccc(Cc3ccccc3)cc2Cl)O1. The lowest BCUT2D eigenvalue weighted by atomic mass is 10.1. The molecule has 120 valence electrons. The molecule has 1 aliphatic rings. The van der Waals surface area contributed by atoms with Crippen molar-refractivity contribution in [3.8, 4) is 5.75 Å². The van der Waals surface area contributed by atoms with Gasteiger partial charge >= 0.3 is 0 Å².